The molecule has 86 valence electrons. The Balaban J connectivity index is 2.33. The Bertz CT molecular complexity index is 299. The second-order valence-electron chi connectivity index (χ2n) is 3.89. The first-order valence-electron chi connectivity index (χ1n) is 5.40. The topological polar surface area (TPSA) is 45.2 Å². The molecule has 0 aliphatic heterocycles. The summed E-state index contributed by atoms with van der Waals surface area (Å²) in [5.41, 5.74) is 1.14. The smallest absolute Gasteiger partial charge is 0.0900 e. The number of thiazole rings is 1. The molecule has 0 saturated carbocycles. The fraction of sp³-hybridized carbons (Fsp3) is 0.727. The number of aliphatic hydroxyl groups is 1. The number of hydrogen-bond acceptors (Lipinski definition) is 4. The number of nitrogens with zero attached hydrogens (tertiary/aromatic N) is 1. The fourth-order valence-corrected chi connectivity index (χ4v) is 2.39. The minimum atomic E-state index is 0.282. The molecule has 1 aromatic heterocycles. The summed E-state index contributed by atoms with van der Waals surface area (Å²) < 4.78 is 0. The minimum absolute atomic E-state index is 0.282. The largest absolute Gasteiger partial charge is 0.396 e. The van der Waals surface area contributed by atoms with E-state index in [9.17, 15) is 0 Å². The molecule has 0 aromatic carbocycles. The van der Waals surface area contributed by atoms with Crippen LogP contribution in [0.3, 0.4) is 0 Å². The van der Waals surface area contributed by atoms with Gasteiger partial charge in [0.15, 0.2) is 0 Å². The van der Waals surface area contributed by atoms with E-state index < -0.39 is 0 Å². The third-order valence-electron chi connectivity index (χ3n) is 2.41. The van der Waals surface area contributed by atoms with Crippen molar-refractivity contribution in [2.75, 3.05) is 6.61 Å². The van der Waals surface area contributed by atoms with Crippen LogP contribution in [0, 0.1) is 13.8 Å². The number of nitrogens with one attached hydrogen (secondary N) is 1. The van der Waals surface area contributed by atoms with Crippen molar-refractivity contribution in [2.24, 2.45) is 0 Å². The molecule has 0 aliphatic carbocycles. The highest BCUT2D eigenvalue weighted by Gasteiger charge is 2.06. The second-order valence-corrected chi connectivity index (χ2v) is 5.18. The van der Waals surface area contributed by atoms with E-state index in [1.54, 1.807) is 11.3 Å². The van der Waals surface area contributed by atoms with Crippen LogP contribution in [0.4, 0.5) is 0 Å². The van der Waals surface area contributed by atoms with E-state index in [0.717, 1.165) is 30.1 Å². The van der Waals surface area contributed by atoms with Crippen LogP contribution >= 0.6 is 11.3 Å². The SMILES string of the molecule is Cc1nc(C)c(CNC(C)CCCO)s1. The molecular formula is C11H20N2OS. The third kappa shape index (κ3) is 4.28. The summed E-state index contributed by atoms with van der Waals surface area (Å²) in [4.78, 5) is 5.71. The lowest BCUT2D eigenvalue weighted by molar-refractivity contribution is 0.276. The predicted octanol–water partition coefficient (Wildman–Crippen LogP) is 2.01. The summed E-state index contributed by atoms with van der Waals surface area (Å²) in [7, 11) is 0. The van der Waals surface area contributed by atoms with Crippen molar-refractivity contribution < 1.29 is 5.11 Å². The average molecular weight is 228 g/mol. The Hall–Kier alpha value is -0.450. The first kappa shape index (κ1) is 12.6. The monoisotopic (exact) mass is 228 g/mol. The molecule has 1 aromatic rings. The molecule has 0 fully saturated rings. The number of aliphatic hydroxyl groups excluding tert-OH is 1. The van der Waals surface area contributed by atoms with Gasteiger partial charge in [0, 0.05) is 24.1 Å². The molecule has 2 N–H and O–H groups in total. The summed E-state index contributed by atoms with van der Waals surface area (Å²) in [5, 5.41) is 13.3. The lowest BCUT2D eigenvalue weighted by Gasteiger charge is -2.12. The molecule has 1 rings (SSSR count). The summed E-state index contributed by atoms with van der Waals surface area (Å²) in [5.74, 6) is 0. The molecule has 0 saturated heterocycles. The van der Waals surface area contributed by atoms with Crippen LogP contribution in [0.5, 0.6) is 0 Å². The zero-order chi connectivity index (χ0) is 11.3. The number of rotatable bonds is 6. The van der Waals surface area contributed by atoms with Gasteiger partial charge >= 0.3 is 0 Å². The van der Waals surface area contributed by atoms with Gasteiger partial charge in [-0.25, -0.2) is 4.98 Å². The van der Waals surface area contributed by atoms with Gasteiger partial charge in [0.2, 0.25) is 0 Å². The van der Waals surface area contributed by atoms with Crippen molar-refractivity contribution in [3.8, 4) is 0 Å². The molecule has 4 heteroatoms. The number of aryl methyl sites for hydroxylation is 2. The van der Waals surface area contributed by atoms with Gasteiger partial charge in [-0.15, -0.1) is 11.3 Å². The summed E-state index contributed by atoms with van der Waals surface area (Å²) >= 11 is 1.76. The third-order valence-corrected chi connectivity index (χ3v) is 3.48. The van der Waals surface area contributed by atoms with Gasteiger partial charge in [-0.2, -0.15) is 0 Å². The molecule has 15 heavy (non-hydrogen) atoms. The quantitative estimate of drug-likeness (QED) is 0.783. The molecule has 0 aliphatic rings. The fourth-order valence-electron chi connectivity index (χ4n) is 1.50. The van der Waals surface area contributed by atoms with Gasteiger partial charge in [-0.05, 0) is 33.6 Å². The van der Waals surface area contributed by atoms with Crippen LogP contribution in [-0.4, -0.2) is 22.7 Å². The molecular weight excluding hydrogens is 208 g/mol. The van der Waals surface area contributed by atoms with Crippen molar-refractivity contribution >= 4 is 11.3 Å². The Morgan fingerprint density at radius 2 is 2.20 bits per heavy atom. The maximum Gasteiger partial charge on any atom is 0.0900 e. The first-order chi connectivity index (χ1) is 7.13. The Morgan fingerprint density at radius 1 is 1.47 bits per heavy atom. The molecule has 3 nitrogen and oxygen atoms in total. The second kappa shape index (κ2) is 6.20. The van der Waals surface area contributed by atoms with E-state index in [4.69, 9.17) is 5.11 Å². The predicted molar refractivity (Wildman–Crippen MR) is 64.2 cm³/mol. The van der Waals surface area contributed by atoms with Crippen LogP contribution < -0.4 is 5.32 Å². The Labute approximate surface area is 95.6 Å². The van der Waals surface area contributed by atoms with Gasteiger partial charge in [-0.1, -0.05) is 0 Å². The molecule has 0 radical (unpaired) electrons. The van der Waals surface area contributed by atoms with Crippen molar-refractivity contribution in [1.29, 1.82) is 0 Å². The van der Waals surface area contributed by atoms with Gasteiger partial charge < -0.3 is 10.4 Å². The summed E-state index contributed by atoms with van der Waals surface area (Å²) in [6.45, 7) is 7.42. The van der Waals surface area contributed by atoms with Crippen LogP contribution in [0.2, 0.25) is 0 Å². The molecule has 1 unspecified atom stereocenters. The Kier molecular flexibility index (Phi) is 5.22. The van der Waals surface area contributed by atoms with Crippen LogP contribution in [0.1, 0.15) is 35.3 Å². The zero-order valence-corrected chi connectivity index (χ0v) is 10.5. The van der Waals surface area contributed by atoms with Crippen molar-refractivity contribution in [3.05, 3.63) is 15.6 Å². The highest BCUT2D eigenvalue weighted by molar-refractivity contribution is 7.11. The highest BCUT2D eigenvalue weighted by atomic mass is 32.1. The van der Waals surface area contributed by atoms with Gasteiger partial charge in [0.1, 0.15) is 0 Å². The standard InChI is InChI=1S/C11H20N2OS/c1-8(5-4-6-14)12-7-11-9(2)13-10(3)15-11/h8,12,14H,4-7H2,1-3H3. The van der Waals surface area contributed by atoms with Crippen molar-refractivity contribution in [3.63, 3.8) is 0 Å². The maximum absolute atomic E-state index is 8.71. The van der Waals surface area contributed by atoms with E-state index in [0.29, 0.717) is 6.04 Å². The van der Waals surface area contributed by atoms with E-state index in [1.807, 2.05) is 6.92 Å². The molecule has 1 heterocycles. The van der Waals surface area contributed by atoms with E-state index in [2.05, 4.69) is 24.1 Å². The van der Waals surface area contributed by atoms with Crippen LogP contribution in [0.25, 0.3) is 0 Å². The van der Waals surface area contributed by atoms with E-state index >= 15 is 0 Å². The molecule has 0 spiro atoms. The molecule has 1 atom stereocenters. The number of aromatic nitrogens is 1. The lowest BCUT2D eigenvalue weighted by atomic mass is 10.2. The van der Waals surface area contributed by atoms with Crippen molar-refractivity contribution in [1.82, 2.24) is 10.3 Å². The Morgan fingerprint density at radius 3 is 2.73 bits per heavy atom. The van der Waals surface area contributed by atoms with Gasteiger partial charge in [-0.3, -0.25) is 0 Å². The minimum Gasteiger partial charge on any atom is -0.396 e. The van der Waals surface area contributed by atoms with Crippen LogP contribution in [0.15, 0.2) is 0 Å². The summed E-state index contributed by atoms with van der Waals surface area (Å²) in [6.07, 6.45) is 1.89. The first-order valence-corrected chi connectivity index (χ1v) is 6.22. The van der Waals surface area contributed by atoms with E-state index in [-0.39, 0.29) is 6.61 Å². The van der Waals surface area contributed by atoms with Crippen molar-refractivity contribution in [2.45, 2.75) is 46.2 Å². The normalized spacial score (nSPS) is 13.1. The zero-order valence-electron chi connectivity index (χ0n) is 9.71. The number of hydrogen-bond donors (Lipinski definition) is 2. The summed E-state index contributed by atoms with van der Waals surface area (Å²) in [6, 6.07) is 0.457. The van der Waals surface area contributed by atoms with Crippen LogP contribution in [-0.2, 0) is 6.54 Å². The average Bonchev–Trinajstić information content (AvgIpc) is 2.51. The molecule has 0 bridgehead atoms. The maximum atomic E-state index is 8.71. The van der Waals surface area contributed by atoms with E-state index in [1.165, 1.54) is 4.88 Å². The molecule has 0 amide bonds. The highest BCUT2D eigenvalue weighted by Crippen LogP contribution is 2.16. The van der Waals surface area contributed by atoms with Gasteiger partial charge in [0.25, 0.3) is 0 Å². The lowest BCUT2D eigenvalue weighted by Crippen LogP contribution is -2.25. The van der Waals surface area contributed by atoms with Gasteiger partial charge in [0.05, 0.1) is 10.7 Å².